The number of rotatable bonds is 7. The van der Waals surface area contributed by atoms with E-state index >= 15 is 0 Å². The fourth-order valence-corrected chi connectivity index (χ4v) is 2.16. The average Bonchev–Trinajstić information content (AvgIpc) is 3.36. The predicted octanol–water partition coefficient (Wildman–Crippen LogP) is 3.01. The zero-order valence-electron chi connectivity index (χ0n) is 12.3. The van der Waals surface area contributed by atoms with Crippen LogP contribution in [-0.2, 0) is 4.79 Å². The molecule has 0 atom stereocenters. The molecule has 0 bridgehead atoms. The lowest BCUT2D eigenvalue weighted by molar-refractivity contribution is -0.119. The molecule has 0 heterocycles. The molecule has 22 heavy (non-hydrogen) atoms. The lowest BCUT2D eigenvalue weighted by atomic mass is 10.1. The SMILES string of the molecule is NC(=O)COc1cccc(-c2ccc(OCC3CC3)cc2)c1. The van der Waals surface area contributed by atoms with Gasteiger partial charge in [0, 0.05) is 0 Å². The quantitative estimate of drug-likeness (QED) is 0.854. The second-order valence-corrected chi connectivity index (χ2v) is 5.56. The molecule has 2 aromatic carbocycles. The lowest BCUT2D eigenvalue weighted by Crippen LogP contribution is -2.19. The average molecular weight is 297 g/mol. The van der Waals surface area contributed by atoms with E-state index in [1.165, 1.54) is 12.8 Å². The maximum absolute atomic E-state index is 10.8. The van der Waals surface area contributed by atoms with Gasteiger partial charge in [0.2, 0.25) is 0 Å². The highest BCUT2D eigenvalue weighted by molar-refractivity contribution is 5.75. The van der Waals surface area contributed by atoms with E-state index in [4.69, 9.17) is 15.2 Å². The van der Waals surface area contributed by atoms with Gasteiger partial charge in [0.25, 0.3) is 5.91 Å². The summed E-state index contributed by atoms with van der Waals surface area (Å²) >= 11 is 0. The van der Waals surface area contributed by atoms with Crippen LogP contribution in [0.1, 0.15) is 12.8 Å². The van der Waals surface area contributed by atoms with E-state index in [0.717, 1.165) is 29.4 Å². The third-order valence-corrected chi connectivity index (χ3v) is 3.59. The Morgan fingerprint density at radius 3 is 2.45 bits per heavy atom. The minimum absolute atomic E-state index is 0.114. The summed E-state index contributed by atoms with van der Waals surface area (Å²) in [5.41, 5.74) is 7.18. The Morgan fingerprint density at radius 2 is 1.77 bits per heavy atom. The van der Waals surface area contributed by atoms with Gasteiger partial charge < -0.3 is 15.2 Å². The van der Waals surface area contributed by atoms with Crippen molar-refractivity contribution in [3.63, 3.8) is 0 Å². The number of primary amides is 1. The molecular formula is C18H19NO3. The molecule has 0 aromatic heterocycles. The summed E-state index contributed by atoms with van der Waals surface area (Å²) in [6.07, 6.45) is 2.58. The van der Waals surface area contributed by atoms with Crippen molar-refractivity contribution in [2.75, 3.05) is 13.2 Å². The van der Waals surface area contributed by atoms with E-state index in [2.05, 4.69) is 0 Å². The van der Waals surface area contributed by atoms with Gasteiger partial charge in [-0.15, -0.1) is 0 Å². The molecule has 0 spiro atoms. The van der Waals surface area contributed by atoms with Crippen molar-refractivity contribution in [3.8, 4) is 22.6 Å². The van der Waals surface area contributed by atoms with Crippen molar-refractivity contribution < 1.29 is 14.3 Å². The normalized spacial score (nSPS) is 13.6. The van der Waals surface area contributed by atoms with Crippen LogP contribution in [0, 0.1) is 5.92 Å². The monoisotopic (exact) mass is 297 g/mol. The lowest BCUT2D eigenvalue weighted by Gasteiger charge is -2.08. The maximum atomic E-state index is 10.8. The Balaban J connectivity index is 1.67. The maximum Gasteiger partial charge on any atom is 0.255 e. The molecular weight excluding hydrogens is 278 g/mol. The molecule has 114 valence electrons. The van der Waals surface area contributed by atoms with Crippen molar-refractivity contribution >= 4 is 5.91 Å². The summed E-state index contributed by atoms with van der Waals surface area (Å²) < 4.78 is 11.1. The number of amides is 1. The second-order valence-electron chi connectivity index (χ2n) is 5.56. The number of carbonyl (C=O) groups excluding carboxylic acids is 1. The van der Waals surface area contributed by atoms with Gasteiger partial charge in [0.1, 0.15) is 11.5 Å². The third-order valence-electron chi connectivity index (χ3n) is 3.59. The van der Waals surface area contributed by atoms with Crippen LogP contribution in [0.3, 0.4) is 0 Å². The van der Waals surface area contributed by atoms with Crippen molar-refractivity contribution in [1.82, 2.24) is 0 Å². The van der Waals surface area contributed by atoms with Gasteiger partial charge in [0.05, 0.1) is 6.61 Å². The van der Waals surface area contributed by atoms with E-state index in [1.807, 2.05) is 42.5 Å². The molecule has 0 aliphatic heterocycles. The van der Waals surface area contributed by atoms with E-state index in [-0.39, 0.29) is 6.61 Å². The number of benzene rings is 2. The molecule has 4 nitrogen and oxygen atoms in total. The number of ether oxygens (including phenoxy) is 2. The van der Waals surface area contributed by atoms with E-state index in [1.54, 1.807) is 6.07 Å². The topological polar surface area (TPSA) is 61.6 Å². The van der Waals surface area contributed by atoms with Gasteiger partial charge in [-0.3, -0.25) is 4.79 Å². The van der Waals surface area contributed by atoms with Gasteiger partial charge in [0.15, 0.2) is 6.61 Å². The minimum Gasteiger partial charge on any atom is -0.493 e. The Kier molecular flexibility index (Phi) is 4.28. The van der Waals surface area contributed by atoms with Crippen LogP contribution in [0.2, 0.25) is 0 Å². The first-order valence-electron chi connectivity index (χ1n) is 7.45. The van der Waals surface area contributed by atoms with E-state index in [0.29, 0.717) is 5.75 Å². The van der Waals surface area contributed by atoms with Crippen LogP contribution in [0.4, 0.5) is 0 Å². The summed E-state index contributed by atoms with van der Waals surface area (Å²) in [5, 5.41) is 0. The highest BCUT2D eigenvalue weighted by Crippen LogP contribution is 2.30. The summed E-state index contributed by atoms with van der Waals surface area (Å²) in [6.45, 7) is 0.702. The van der Waals surface area contributed by atoms with Gasteiger partial charge in [-0.25, -0.2) is 0 Å². The molecule has 1 fully saturated rings. The van der Waals surface area contributed by atoms with Crippen LogP contribution < -0.4 is 15.2 Å². The third kappa shape index (κ3) is 4.01. The number of nitrogens with two attached hydrogens (primary N) is 1. The molecule has 3 rings (SSSR count). The standard InChI is InChI=1S/C18H19NO3/c19-18(20)12-22-17-3-1-2-15(10-17)14-6-8-16(9-7-14)21-11-13-4-5-13/h1-3,6-10,13H,4-5,11-12H2,(H2,19,20). The van der Waals surface area contributed by atoms with Crippen LogP contribution in [0.5, 0.6) is 11.5 Å². The summed E-state index contributed by atoms with van der Waals surface area (Å²) in [7, 11) is 0. The molecule has 1 amide bonds. The molecule has 1 saturated carbocycles. The van der Waals surface area contributed by atoms with Gasteiger partial charge in [-0.1, -0.05) is 24.3 Å². The molecule has 2 N–H and O–H groups in total. The zero-order chi connectivity index (χ0) is 15.4. The number of hydrogen-bond acceptors (Lipinski definition) is 3. The zero-order valence-corrected chi connectivity index (χ0v) is 12.3. The van der Waals surface area contributed by atoms with E-state index < -0.39 is 5.91 Å². The van der Waals surface area contributed by atoms with Crippen molar-refractivity contribution in [1.29, 1.82) is 0 Å². The summed E-state index contributed by atoms with van der Waals surface area (Å²) in [6, 6.07) is 15.6. The Bertz CT molecular complexity index is 648. The number of hydrogen-bond donors (Lipinski definition) is 1. The second kappa shape index (κ2) is 6.52. The van der Waals surface area contributed by atoms with Crippen LogP contribution in [0.15, 0.2) is 48.5 Å². The smallest absolute Gasteiger partial charge is 0.255 e. The Hall–Kier alpha value is -2.49. The highest BCUT2D eigenvalue weighted by Gasteiger charge is 2.21. The summed E-state index contributed by atoms with van der Waals surface area (Å²) in [4.78, 5) is 10.8. The van der Waals surface area contributed by atoms with Crippen LogP contribution in [-0.4, -0.2) is 19.1 Å². The predicted molar refractivity (Wildman–Crippen MR) is 84.8 cm³/mol. The van der Waals surface area contributed by atoms with Crippen molar-refractivity contribution in [2.45, 2.75) is 12.8 Å². The molecule has 1 aliphatic rings. The van der Waals surface area contributed by atoms with Crippen molar-refractivity contribution in [2.24, 2.45) is 11.7 Å². The van der Waals surface area contributed by atoms with Gasteiger partial charge in [-0.2, -0.15) is 0 Å². The van der Waals surface area contributed by atoms with E-state index in [9.17, 15) is 4.79 Å². The van der Waals surface area contributed by atoms with Crippen molar-refractivity contribution in [3.05, 3.63) is 48.5 Å². The first-order valence-corrected chi connectivity index (χ1v) is 7.45. The fourth-order valence-electron chi connectivity index (χ4n) is 2.16. The molecule has 0 saturated heterocycles. The first-order chi connectivity index (χ1) is 10.7. The molecule has 2 aromatic rings. The molecule has 0 unspecified atom stereocenters. The van der Waals surface area contributed by atoms with Gasteiger partial charge >= 0.3 is 0 Å². The highest BCUT2D eigenvalue weighted by atomic mass is 16.5. The Labute approximate surface area is 129 Å². The van der Waals surface area contributed by atoms with Crippen LogP contribution >= 0.6 is 0 Å². The molecule has 0 radical (unpaired) electrons. The Morgan fingerprint density at radius 1 is 1.00 bits per heavy atom. The largest absolute Gasteiger partial charge is 0.493 e. The van der Waals surface area contributed by atoms with Crippen LogP contribution in [0.25, 0.3) is 11.1 Å². The molecule has 1 aliphatic carbocycles. The summed E-state index contributed by atoms with van der Waals surface area (Å²) in [5.74, 6) is 1.79. The van der Waals surface area contributed by atoms with Gasteiger partial charge in [-0.05, 0) is 54.2 Å². The first kappa shape index (κ1) is 14.4. The fraction of sp³-hybridized carbons (Fsp3) is 0.278. The number of carbonyl (C=O) groups is 1. The molecule has 4 heteroatoms. The minimum atomic E-state index is -0.484.